The summed E-state index contributed by atoms with van der Waals surface area (Å²) < 4.78 is 16.9. The minimum Gasteiger partial charge on any atom is -0.477 e. The SMILES string of the molecule is CO/N=C1/CC(C)(CN)CN1c1cc2c(cc1F)c(=O)c(C(=O)O)cn2C1CC1.Cl. The highest BCUT2D eigenvalue weighted by Crippen LogP contribution is 2.40. The molecule has 0 amide bonds. The lowest BCUT2D eigenvalue weighted by Crippen LogP contribution is -2.32. The van der Waals surface area contributed by atoms with Gasteiger partial charge in [-0.3, -0.25) is 4.79 Å². The van der Waals surface area contributed by atoms with Crippen molar-refractivity contribution in [2.75, 3.05) is 25.1 Å². The number of nitrogens with two attached hydrogens (primary N) is 1. The Bertz CT molecular complexity index is 1100. The number of halogens is 2. The molecule has 10 heteroatoms. The number of oxime groups is 1. The number of pyridine rings is 1. The highest BCUT2D eigenvalue weighted by molar-refractivity contribution is 6.02. The molecule has 162 valence electrons. The Morgan fingerprint density at radius 3 is 2.70 bits per heavy atom. The Hall–Kier alpha value is -2.65. The highest BCUT2D eigenvalue weighted by Gasteiger charge is 2.39. The number of nitrogens with zero attached hydrogens (tertiary/aromatic N) is 3. The molecular weight excluding hydrogens is 415 g/mol. The first-order valence-corrected chi connectivity index (χ1v) is 9.47. The van der Waals surface area contributed by atoms with Crippen molar-refractivity contribution in [2.24, 2.45) is 16.3 Å². The van der Waals surface area contributed by atoms with Crippen LogP contribution in [-0.4, -0.2) is 41.7 Å². The molecule has 0 radical (unpaired) electrons. The van der Waals surface area contributed by atoms with Crippen LogP contribution in [0.5, 0.6) is 0 Å². The molecule has 2 aliphatic rings. The van der Waals surface area contributed by atoms with E-state index in [1.54, 1.807) is 15.5 Å². The van der Waals surface area contributed by atoms with E-state index >= 15 is 4.39 Å². The maximum Gasteiger partial charge on any atom is 0.341 e. The van der Waals surface area contributed by atoms with Crippen molar-refractivity contribution in [3.8, 4) is 0 Å². The average Bonchev–Trinajstić information content (AvgIpc) is 3.46. The van der Waals surface area contributed by atoms with Gasteiger partial charge in [-0.15, -0.1) is 12.4 Å². The number of carboxylic acid groups (broad SMARTS) is 1. The summed E-state index contributed by atoms with van der Waals surface area (Å²) in [6.07, 6.45) is 3.66. The summed E-state index contributed by atoms with van der Waals surface area (Å²) in [5.41, 5.74) is 5.36. The number of aromatic nitrogens is 1. The quantitative estimate of drug-likeness (QED) is 0.694. The van der Waals surface area contributed by atoms with Gasteiger partial charge in [0.15, 0.2) is 0 Å². The average molecular weight is 439 g/mol. The van der Waals surface area contributed by atoms with Crippen LogP contribution in [0.25, 0.3) is 10.9 Å². The summed E-state index contributed by atoms with van der Waals surface area (Å²) in [5.74, 6) is -1.38. The molecule has 1 aromatic carbocycles. The van der Waals surface area contributed by atoms with E-state index in [9.17, 15) is 14.7 Å². The molecule has 0 bridgehead atoms. The molecule has 2 aromatic rings. The van der Waals surface area contributed by atoms with Crippen LogP contribution in [0.4, 0.5) is 10.1 Å². The molecule has 1 unspecified atom stereocenters. The van der Waals surface area contributed by atoms with Crippen LogP contribution < -0.4 is 16.1 Å². The number of aromatic carboxylic acids is 1. The van der Waals surface area contributed by atoms with E-state index in [1.807, 2.05) is 6.92 Å². The molecule has 1 aromatic heterocycles. The summed E-state index contributed by atoms with van der Waals surface area (Å²) in [6, 6.07) is 2.83. The molecular formula is C20H24ClFN4O4. The third kappa shape index (κ3) is 3.63. The summed E-state index contributed by atoms with van der Waals surface area (Å²) in [4.78, 5) is 30.8. The summed E-state index contributed by atoms with van der Waals surface area (Å²) in [7, 11) is 1.43. The van der Waals surface area contributed by atoms with Crippen LogP contribution in [0.15, 0.2) is 28.3 Å². The number of hydrogen-bond donors (Lipinski definition) is 2. The van der Waals surface area contributed by atoms with Gasteiger partial charge in [0.25, 0.3) is 0 Å². The van der Waals surface area contributed by atoms with Crippen LogP contribution in [0.1, 0.15) is 42.6 Å². The number of amidine groups is 1. The van der Waals surface area contributed by atoms with Crippen molar-refractivity contribution in [3.05, 3.63) is 39.9 Å². The van der Waals surface area contributed by atoms with E-state index in [0.717, 1.165) is 18.9 Å². The number of anilines is 1. The molecule has 1 saturated heterocycles. The van der Waals surface area contributed by atoms with Crippen LogP contribution >= 0.6 is 12.4 Å². The number of hydrogen-bond acceptors (Lipinski definition) is 5. The first-order valence-electron chi connectivity index (χ1n) is 9.47. The summed E-state index contributed by atoms with van der Waals surface area (Å²) in [6.45, 7) is 2.85. The van der Waals surface area contributed by atoms with Gasteiger partial charge in [-0.25, -0.2) is 9.18 Å². The van der Waals surface area contributed by atoms with E-state index in [1.165, 1.54) is 13.3 Å². The summed E-state index contributed by atoms with van der Waals surface area (Å²) >= 11 is 0. The lowest BCUT2D eigenvalue weighted by Gasteiger charge is -2.24. The minimum absolute atomic E-state index is 0. The minimum atomic E-state index is -1.32. The van der Waals surface area contributed by atoms with Crippen molar-refractivity contribution in [2.45, 2.75) is 32.2 Å². The predicted molar refractivity (Wildman–Crippen MR) is 114 cm³/mol. The largest absolute Gasteiger partial charge is 0.477 e. The van der Waals surface area contributed by atoms with Crippen molar-refractivity contribution >= 4 is 40.8 Å². The number of fused-ring (bicyclic) bond motifs is 1. The number of rotatable bonds is 5. The maximum absolute atomic E-state index is 15.1. The fourth-order valence-electron chi connectivity index (χ4n) is 3.93. The van der Waals surface area contributed by atoms with Crippen LogP contribution in [0.3, 0.4) is 0 Å². The van der Waals surface area contributed by atoms with Gasteiger partial charge in [0.1, 0.15) is 24.3 Å². The zero-order chi connectivity index (χ0) is 20.9. The van der Waals surface area contributed by atoms with Gasteiger partial charge in [-0.05, 0) is 31.5 Å². The Morgan fingerprint density at radius 1 is 1.43 bits per heavy atom. The Morgan fingerprint density at radius 2 is 2.13 bits per heavy atom. The molecule has 0 spiro atoms. The molecule has 1 aliphatic heterocycles. The van der Waals surface area contributed by atoms with E-state index in [-0.39, 0.29) is 40.5 Å². The van der Waals surface area contributed by atoms with E-state index in [4.69, 9.17) is 10.6 Å². The van der Waals surface area contributed by atoms with Crippen molar-refractivity contribution in [3.63, 3.8) is 0 Å². The summed E-state index contributed by atoms with van der Waals surface area (Å²) in [5, 5.41) is 13.5. The third-order valence-electron chi connectivity index (χ3n) is 5.69. The van der Waals surface area contributed by atoms with Gasteiger partial charge in [0, 0.05) is 36.0 Å². The molecule has 1 saturated carbocycles. The van der Waals surface area contributed by atoms with Crippen molar-refractivity contribution in [1.29, 1.82) is 0 Å². The fraction of sp³-hybridized carbons (Fsp3) is 0.450. The monoisotopic (exact) mass is 438 g/mol. The predicted octanol–water partition coefficient (Wildman–Crippen LogP) is 2.73. The lowest BCUT2D eigenvalue weighted by atomic mass is 9.90. The van der Waals surface area contributed by atoms with Gasteiger partial charge in [-0.2, -0.15) is 0 Å². The van der Waals surface area contributed by atoms with Crippen LogP contribution in [-0.2, 0) is 4.84 Å². The smallest absolute Gasteiger partial charge is 0.341 e. The molecule has 4 rings (SSSR count). The molecule has 1 aliphatic carbocycles. The second-order valence-electron chi connectivity index (χ2n) is 8.10. The zero-order valence-corrected chi connectivity index (χ0v) is 17.5. The molecule has 2 fully saturated rings. The van der Waals surface area contributed by atoms with Gasteiger partial charge in [0.2, 0.25) is 5.43 Å². The Kier molecular flexibility index (Phi) is 5.79. The number of carbonyl (C=O) groups is 1. The zero-order valence-electron chi connectivity index (χ0n) is 16.7. The Balaban J connectivity index is 0.00000256. The fourth-order valence-corrected chi connectivity index (χ4v) is 3.93. The van der Waals surface area contributed by atoms with Gasteiger partial charge < -0.3 is 25.1 Å². The standard InChI is InChI=1S/C20H23FN4O4.ClH/c1-20(9-22)7-17(23-29-2)25(10-20)16-6-15-12(5-14(16)21)18(26)13(19(27)28)8-24(15)11-3-4-11;/h5-6,8,11H,3-4,7,9-10,22H2,1-2H3,(H,27,28);1H/b23-17-;. The van der Waals surface area contributed by atoms with Crippen LogP contribution in [0.2, 0.25) is 0 Å². The lowest BCUT2D eigenvalue weighted by molar-refractivity contribution is 0.0695. The molecule has 8 nitrogen and oxygen atoms in total. The number of benzene rings is 1. The van der Waals surface area contributed by atoms with Crippen molar-refractivity contribution in [1.82, 2.24) is 4.57 Å². The third-order valence-corrected chi connectivity index (χ3v) is 5.69. The Labute approximate surface area is 178 Å². The maximum atomic E-state index is 15.1. The second kappa shape index (κ2) is 7.88. The van der Waals surface area contributed by atoms with Gasteiger partial charge in [-0.1, -0.05) is 12.1 Å². The molecule has 3 N–H and O–H groups in total. The molecule has 1 atom stereocenters. The van der Waals surface area contributed by atoms with Crippen molar-refractivity contribution < 1.29 is 19.1 Å². The number of carboxylic acids is 1. The van der Waals surface area contributed by atoms with E-state index in [0.29, 0.717) is 30.9 Å². The normalized spacial score (nSPS) is 22.4. The van der Waals surface area contributed by atoms with Crippen LogP contribution in [0, 0.1) is 11.2 Å². The highest BCUT2D eigenvalue weighted by atomic mass is 35.5. The topological polar surface area (TPSA) is 110 Å². The van der Waals surface area contributed by atoms with E-state index in [2.05, 4.69) is 5.16 Å². The van der Waals surface area contributed by atoms with Gasteiger partial charge >= 0.3 is 5.97 Å². The molecule has 2 heterocycles. The van der Waals surface area contributed by atoms with Gasteiger partial charge in [0.05, 0.1) is 11.2 Å². The first-order chi connectivity index (χ1) is 13.8. The molecule has 30 heavy (non-hydrogen) atoms. The second-order valence-corrected chi connectivity index (χ2v) is 8.10. The first kappa shape index (κ1) is 22.0. The van der Waals surface area contributed by atoms with E-state index < -0.39 is 17.2 Å².